The molecular weight excluding hydrogens is 458 g/mol. The Bertz CT molecular complexity index is 1140. The highest BCUT2D eigenvalue weighted by Crippen LogP contribution is 2.32. The van der Waals surface area contributed by atoms with Crippen LogP contribution in [0.3, 0.4) is 0 Å². The Morgan fingerprint density at radius 3 is 1.60 bits per heavy atom. The van der Waals surface area contributed by atoms with Crippen LogP contribution in [0, 0.1) is 27.7 Å². The summed E-state index contributed by atoms with van der Waals surface area (Å²) < 4.78 is 25.9. The normalized spacial score (nSPS) is 10.2. The highest BCUT2D eigenvalue weighted by molar-refractivity contribution is 7.85. The number of benzene rings is 3. The first-order valence-electron chi connectivity index (χ1n) is 11.8. The third-order valence-corrected chi connectivity index (χ3v) is 4.33. The SMILES string of the molecule is CC.CC.CN(C)C.CS(=O)(=O)O.Cc1ccccc1N=Nc1ccc2ccc(C)c(C)c2c1C. The van der Waals surface area contributed by atoms with Gasteiger partial charge in [-0.15, -0.1) is 0 Å². The summed E-state index contributed by atoms with van der Waals surface area (Å²) in [5, 5.41) is 11.5. The lowest BCUT2D eigenvalue weighted by Crippen LogP contribution is -1.99. The molecule has 0 atom stereocenters. The second-order valence-electron chi connectivity index (χ2n) is 7.88. The van der Waals surface area contributed by atoms with Crippen molar-refractivity contribution in [2.45, 2.75) is 55.4 Å². The molecule has 0 aliphatic rings. The number of fused-ring (bicyclic) bond motifs is 1. The van der Waals surface area contributed by atoms with E-state index in [-0.39, 0.29) is 0 Å². The maximum atomic E-state index is 9.19. The average Bonchev–Trinajstić information content (AvgIpc) is 2.78. The van der Waals surface area contributed by atoms with Crippen LogP contribution in [0.5, 0.6) is 0 Å². The van der Waals surface area contributed by atoms with Gasteiger partial charge in [0.1, 0.15) is 0 Å². The topological polar surface area (TPSA) is 82.3 Å². The minimum Gasteiger partial charge on any atom is -0.312 e. The summed E-state index contributed by atoms with van der Waals surface area (Å²) in [5.74, 6) is 0. The van der Waals surface area contributed by atoms with Crippen molar-refractivity contribution in [2.24, 2.45) is 10.2 Å². The lowest BCUT2D eigenvalue weighted by molar-refractivity contribution is 0.490. The van der Waals surface area contributed by atoms with Crippen LogP contribution in [0.1, 0.15) is 49.9 Å². The van der Waals surface area contributed by atoms with Crippen LogP contribution in [0.4, 0.5) is 11.4 Å². The van der Waals surface area contributed by atoms with Gasteiger partial charge < -0.3 is 4.90 Å². The maximum absolute atomic E-state index is 9.19. The molecule has 3 aromatic carbocycles. The molecule has 1 N–H and O–H groups in total. The van der Waals surface area contributed by atoms with Crippen LogP contribution < -0.4 is 0 Å². The van der Waals surface area contributed by atoms with E-state index in [1.54, 1.807) is 0 Å². The van der Waals surface area contributed by atoms with E-state index in [9.17, 15) is 8.42 Å². The van der Waals surface area contributed by atoms with Crippen molar-refractivity contribution in [3.05, 3.63) is 70.8 Å². The molecule has 0 saturated heterocycles. The molecule has 3 rings (SSSR count). The average molecular weight is 504 g/mol. The van der Waals surface area contributed by atoms with Gasteiger partial charge in [-0.1, -0.05) is 64.1 Å². The van der Waals surface area contributed by atoms with Gasteiger partial charge in [0.25, 0.3) is 10.1 Å². The minimum atomic E-state index is -3.67. The summed E-state index contributed by atoms with van der Waals surface area (Å²) in [4.78, 5) is 2.00. The monoisotopic (exact) mass is 503 g/mol. The highest BCUT2D eigenvalue weighted by atomic mass is 32.2. The summed E-state index contributed by atoms with van der Waals surface area (Å²) in [6, 6.07) is 16.6. The fraction of sp³-hybridized carbons (Fsp3) is 0.429. The molecular formula is C28H45N3O3S. The molecule has 0 aliphatic heterocycles. The van der Waals surface area contributed by atoms with Gasteiger partial charge in [-0.25, -0.2) is 0 Å². The molecule has 0 fully saturated rings. The quantitative estimate of drug-likeness (QED) is 0.282. The smallest absolute Gasteiger partial charge is 0.261 e. The molecule has 0 unspecified atom stereocenters. The first-order valence-corrected chi connectivity index (χ1v) is 13.7. The molecule has 0 aromatic heterocycles. The summed E-state index contributed by atoms with van der Waals surface area (Å²) in [5.41, 5.74) is 6.81. The Morgan fingerprint density at radius 1 is 0.686 bits per heavy atom. The van der Waals surface area contributed by atoms with Crippen LogP contribution in [0.2, 0.25) is 0 Å². The Hall–Kier alpha value is -2.61. The number of hydrogen-bond acceptors (Lipinski definition) is 5. The summed E-state index contributed by atoms with van der Waals surface area (Å²) in [6.45, 7) is 16.5. The van der Waals surface area contributed by atoms with Crippen LogP contribution >= 0.6 is 0 Å². The molecule has 3 aromatic rings. The van der Waals surface area contributed by atoms with E-state index >= 15 is 0 Å². The molecule has 0 aliphatic carbocycles. The van der Waals surface area contributed by atoms with Crippen molar-refractivity contribution >= 4 is 32.3 Å². The Kier molecular flexibility index (Phi) is 17.5. The van der Waals surface area contributed by atoms with E-state index in [0.29, 0.717) is 6.26 Å². The van der Waals surface area contributed by atoms with Crippen LogP contribution in [0.15, 0.2) is 58.8 Å². The number of hydrogen-bond donors (Lipinski definition) is 1. The van der Waals surface area contributed by atoms with Crippen LogP contribution in [0.25, 0.3) is 10.8 Å². The molecule has 0 amide bonds. The maximum Gasteiger partial charge on any atom is 0.261 e. The molecule has 0 spiro atoms. The van der Waals surface area contributed by atoms with Crippen molar-refractivity contribution < 1.29 is 13.0 Å². The largest absolute Gasteiger partial charge is 0.312 e. The zero-order chi connectivity index (χ0) is 27.8. The fourth-order valence-electron chi connectivity index (χ4n) is 2.79. The van der Waals surface area contributed by atoms with Gasteiger partial charge in [-0.05, 0) is 94.0 Å². The lowest BCUT2D eigenvalue weighted by Gasteiger charge is -2.10. The van der Waals surface area contributed by atoms with E-state index in [1.165, 1.54) is 27.5 Å². The second-order valence-corrected chi connectivity index (χ2v) is 9.34. The van der Waals surface area contributed by atoms with E-state index < -0.39 is 10.1 Å². The van der Waals surface area contributed by atoms with Gasteiger partial charge >= 0.3 is 0 Å². The molecule has 7 heteroatoms. The number of rotatable bonds is 2. The van der Waals surface area contributed by atoms with E-state index in [0.717, 1.165) is 16.9 Å². The first kappa shape index (κ1) is 34.6. The first-order chi connectivity index (χ1) is 16.3. The van der Waals surface area contributed by atoms with Crippen molar-refractivity contribution in [3.8, 4) is 0 Å². The van der Waals surface area contributed by atoms with Crippen molar-refractivity contribution in [3.63, 3.8) is 0 Å². The Morgan fingerprint density at radius 2 is 1.11 bits per heavy atom. The molecule has 0 saturated carbocycles. The van der Waals surface area contributed by atoms with Gasteiger partial charge in [0.15, 0.2) is 0 Å². The fourth-order valence-corrected chi connectivity index (χ4v) is 2.79. The van der Waals surface area contributed by atoms with E-state index in [1.807, 2.05) is 78.0 Å². The highest BCUT2D eigenvalue weighted by Gasteiger charge is 2.07. The second kappa shape index (κ2) is 17.8. The third kappa shape index (κ3) is 14.4. The van der Waals surface area contributed by atoms with Gasteiger partial charge in [0, 0.05) is 0 Å². The summed E-state index contributed by atoms with van der Waals surface area (Å²) >= 11 is 0. The van der Waals surface area contributed by atoms with Crippen molar-refractivity contribution in [2.75, 3.05) is 27.4 Å². The van der Waals surface area contributed by atoms with Gasteiger partial charge in [-0.2, -0.15) is 18.6 Å². The number of azo groups is 1. The van der Waals surface area contributed by atoms with Crippen LogP contribution in [-0.4, -0.2) is 45.3 Å². The number of nitrogens with zero attached hydrogens (tertiary/aromatic N) is 3. The number of aryl methyl sites for hydroxylation is 4. The Labute approximate surface area is 213 Å². The molecule has 35 heavy (non-hydrogen) atoms. The molecule has 0 radical (unpaired) electrons. The van der Waals surface area contributed by atoms with E-state index in [2.05, 4.69) is 62.2 Å². The summed E-state index contributed by atoms with van der Waals surface area (Å²) in [7, 11) is 2.33. The van der Waals surface area contributed by atoms with Crippen molar-refractivity contribution in [1.29, 1.82) is 0 Å². The van der Waals surface area contributed by atoms with Crippen LogP contribution in [-0.2, 0) is 10.1 Å². The van der Waals surface area contributed by atoms with Gasteiger partial charge in [-0.3, -0.25) is 4.55 Å². The minimum absolute atomic E-state index is 0.715. The van der Waals surface area contributed by atoms with E-state index in [4.69, 9.17) is 4.55 Å². The standard InChI is InChI=1S/C20H20N2.C3H9N.2C2H6.CH4O3S/c1-13-9-10-17-11-12-19(16(4)20(17)15(13)3)22-21-18-8-6-5-7-14(18)2;1-4(2)3;2*1-2;1-5(2,3)4/h5-12H,1-4H3;1-3H3;2*1-2H3;1H3,(H,2,3,4). The molecule has 0 bridgehead atoms. The zero-order valence-corrected chi connectivity index (χ0v) is 24.4. The predicted octanol–water partition coefficient (Wildman–Crippen LogP) is 8.22. The van der Waals surface area contributed by atoms with Gasteiger partial charge in [0.2, 0.25) is 0 Å². The third-order valence-electron chi connectivity index (χ3n) is 4.33. The summed E-state index contributed by atoms with van der Waals surface area (Å²) in [6.07, 6.45) is 0.715. The molecule has 0 heterocycles. The molecule has 196 valence electrons. The predicted molar refractivity (Wildman–Crippen MR) is 153 cm³/mol. The molecule has 6 nitrogen and oxygen atoms in total. The Balaban J connectivity index is 0. The zero-order valence-electron chi connectivity index (χ0n) is 23.6. The lowest BCUT2D eigenvalue weighted by atomic mass is 9.96. The van der Waals surface area contributed by atoms with Crippen molar-refractivity contribution in [1.82, 2.24) is 4.90 Å². The van der Waals surface area contributed by atoms with Gasteiger partial charge in [0.05, 0.1) is 17.6 Å².